The highest BCUT2D eigenvalue weighted by Crippen LogP contribution is 2.24. The van der Waals surface area contributed by atoms with E-state index in [-0.39, 0.29) is 18.3 Å². The van der Waals surface area contributed by atoms with Gasteiger partial charge in [0.2, 0.25) is 5.91 Å². The molecule has 112 valence electrons. The molecule has 1 aromatic rings. The van der Waals surface area contributed by atoms with Crippen LogP contribution in [0.2, 0.25) is 5.02 Å². The van der Waals surface area contributed by atoms with Gasteiger partial charge in [0.25, 0.3) is 0 Å². The Labute approximate surface area is 131 Å². The van der Waals surface area contributed by atoms with E-state index in [1.54, 1.807) is 0 Å². The zero-order valence-electron chi connectivity index (χ0n) is 11.7. The fraction of sp³-hybridized carbons (Fsp3) is 0.533. The smallest absolute Gasteiger partial charge is 0.224 e. The summed E-state index contributed by atoms with van der Waals surface area (Å²) in [6, 6.07) is 5.66. The van der Waals surface area contributed by atoms with Crippen molar-refractivity contribution in [3.05, 3.63) is 28.8 Å². The fourth-order valence-electron chi connectivity index (χ4n) is 2.45. The van der Waals surface area contributed by atoms with Crippen LogP contribution in [0.1, 0.15) is 31.2 Å². The predicted molar refractivity (Wildman–Crippen MR) is 86.9 cm³/mol. The quantitative estimate of drug-likeness (QED) is 0.887. The third kappa shape index (κ3) is 5.31. The van der Waals surface area contributed by atoms with Gasteiger partial charge < -0.3 is 10.6 Å². The topological polar surface area (TPSA) is 41.1 Å². The third-order valence-electron chi connectivity index (χ3n) is 3.63. The SMILES string of the molecule is Cc1ccc(Cl)c(NC(=O)CCC2CCNCC2)c1.Cl. The van der Waals surface area contributed by atoms with E-state index in [0.29, 0.717) is 17.4 Å². The number of rotatable bonds is 4. The number of halogens is 2. The summed E-state index contributed by atoms with van der Waals surface area (Å²) in [5, 5.41) is 6.84. The Hall–Kier alpha value is -0.770. The van der Waals surface area contributed by atoms with Crippen molar-refractivity contribution < 1.29 is 4.79 Å². The standard InChI is InChI=1S/C15H21ClN2O.ClH/c1-11-2-4-13(16)14(10-11)18-15(19)5-3-12-6-8-17-9-7-12;/h2,4,10,12,17H,3,5-9H2,1H3,(H,18,19);1H. The van der Waals surface area contributed by atoms with Crippen LogP contribution in [-0.2, 0) is 4.79 Å². The van der Waals surface area contributed by atoms with Gasteiger partial charge in [0.1, 0.15) is 0 Å². The highest BCUT2D eigenvalue weighted by Gasteiger charge is 2.15. The van der Waals surface area contributed by atoms with Gasteiger partial charge in [0, 0.05) is 6.42 Å². The van der Waals surface area contributed by atoms with Gasteiger partial charge >= 0.3 is 0 Å². The van der Waals surface area contributed by atoms with Crippen molar-refractivity contribution in [2.24, 2.45) is 5.92 Å². The lowest BCUT2D eigenvalue weighted by Crippen LogP contribution is -2.28. The molecule has 1 aromatic carbocycles. The van der Waals surface area contributed by atoms with Crippen molar-refractivity contribution in [3.8, 4) is 0 Å². The van der Waals surface area contributed by atoms with Crippen molar-refractivity contribution in [1.29, 1.82) is 0 Å². The highest BCUT2D eigenvalue weighted by atomic mass is 35.5. The summed E-state index contributed by atoms with van der Waals surface area (Å²) in [5.74, 6) is 0.742. The number of carbonyl (C=O) groups is 1. The maximum Gasteiger partial charge on any atom is 0.224 e. The van der Waals surface area contributed by atoms with E-state index in [0.717, 1.165) is 30.8 Å². The van der Waals surface area contributed by atoms with Crippen LogP contribution in [0.4, 0.5) is 5.69 Å². The number of benzene rings is 1. The highest BCUT2D eigenvalue weighted by molar-refractivity contribution is 6.33. The number of hydrogen-bond donors (Lipinski definition) is 2. The Bertz CT molecular complexity index is 445. The van der Waals surface area contributed by atoms with E-state index in [1.807, 2.05) is 25.1 Å². The first-order valence-electron chi connectivity index (χ1n) is 6.92. The Morgan fingerprint density at radius 3 is 2.80 bits per heavy atom. The first-order chi connectivity index (χ1) is 9.15. The zero-order valence-corrected chi connectivity index (χ0v) is 13.3. The number of aryl methyl sites for hydroxylation is 1. The molecular weight excluding hydrogens is 295 g/mol. The molecule has 0 aliphatic carbocycles. The molecule has 5 heteroatoms. The molecule has 1 aliphatic rings. The van der Waals surface area contributed by atoms with Gasteiger partial charge in [-0.3, -0.25) is 4.79 Å². The minimum absolute atomic E-state index is 0. The number of anilines is 1. The molecule has 1 fully saturated rings. The minimum atomic E-state index is 0. The predicted octanol–water partition coefficient (Wildman–Crippen LogP) is 3.79. The van der Waals surface area contributed by atoms with Crippen LogP contribution in [-0.4, -0.2) is 19.0 Å². The second kappa shape index (κ2) is 8.50. The Morgan fingerprint density at radius 2 is 2.10 bits per heavy atom. The number of hydrogen-bond acceptors (Lipinski definition) is 2. The Morgan fingerprint density at radius 1 is 1.40 bits per heavy atom. The van der Waals surface area contributed by atoms with Crippen LogP contribution in [0.15, 0.2) is 18.2 Å². The van der Waals surface area contributed by atoms with E-state index in [4.69, 9.17) is 11.6 Å². The van der Waals surface area contributed by atoms with Crippen molar-refractivity contribution in [2.45, 2.75) is 32.6 Å². The van der Waals surface area contributed by atoms with Gasteiger partial charge in [-0.15, -0.1) is 12.4 Å². The van der Waals surface area contributed by atoms with Crippen molar-refractivity contribution in [1.82, 2.24) is 5.32 Å². The molecular formula is C15H22Cl2N2O. The van der Waals surface area contributed by atoms with Crippen LogP contribution >= 0.6 is 24.0 Å². The number of amides is 1. The molecule has 0 atom stereocenters. The van der Waals surface area contributed by atoms with E-state index in [9.17, 15) is 4.79 Å². The monoisotopic (exact) mass is 316 g/mol. The first-order valence-corrected chi connectivity index (χ1v) is 7.29. The van der Waals surface area contributed by atoms with Crippen molar-refractivity contribution in [3.63, 3.8) is 0 Å². The maximum atomic E-state index is 11.9. The average Bonchev–Trinajstić information content (AvgIpc) is 2.42. The second-order valence-corrected chi connectivity index (χ2v) is 5.67. The molecule has 3 nitrogen and oxygen atoms in total. The van der Waals surface area contributed by atoms with Crippen LogP contribution in [0.5, 0.6) is 0 Å². The van der Waals surface area contributed by atoms with Crippen LogP contribution in [0, 0.1) is 12.8 Å². The van der Waals surface area contributed by atoms with Crippen LogP contribution in [0.3, 0.4) is 0 Å². The molecule has 0 radical (unpaired) electrons. The maximum absolute atomic E-state index is 11.9. The van der Waals surface area contributed by atoms with Gasteiger partial charge in [-0.2, -0.15) is 0 Å². The summed E-state index contributed by atoms with van der Waals surface area (Å²) >= 11 is 6.07. The van der Waals surface area contributed by atoms with Crippen LogP contribution < -0.4 is 10.6 Å². The summed E-state index contributed by atoms with van der Waals surface area (Å²) < 4.78 is 0. The number of carbonyl (C=O) groups excluding carboxylic acids is 1. The number of nitrogens with one attached hydrogen (secondary N) is 2. The molecule has 0 saturated carbocycles. The molecule has 1 heterocycles. The largest absolute Gasteiger partial charge is 0.325 e. The van der Waals surface area contributed by atoms with E-state index in [1.165, 1.54) is 12.8 Å². The summed E-state index contributed by atoms with van der Waals surface area (Å²) in [4.78, 5) is 11.9. The second-order valence-electron chi connectivity index (χ2n) is 5.26. The number of piperidine rings is 1. The molecule has 0 unspecified atom stereocenters. The summed E-state index contributed by atoms with van der Waals surface area (Å²) in [7, 11) is 0. The van der Waals surface area contributed by atoms with Gasteiger partial charge in [0.05, 0.1) is 10.7 Å². The lowest BCUT2D eigenvalue weighted by molar-refractivity contribution is -0.116. The van der Waals surface area contributed by atoms with Crippen molar-refractivity contribution in [2.75, 3.05) is 18.4 Å². The molecule has 0 spiro atoms. The van der Waals surface area contributed by atoms with E-state index in [2.05, 4.69) is 10.6 Å². The van der Waals surface area contributed by atoms with Gasteiger partial charge in [-0.05, 0) is 62.9 Å². The summed E-state index contributed by atoms with van der Waals surface area (Å²) in [6.45, 7) is 4.15. The van der Waals surface area contributed by atoms with E-state index < -0.39 is 0 Å². The molecule has 0 bridgehead atoms. The molecule has 20 heavy (non-hydrogen) atoms. The average molecular weight is 317 g/mol. The molecule has 2 N–H and O–H groups in total. The minimum Gasteiger partial charge on any atom is -0.325 e. The van der Waals surface area contributed by atoms with Gasteiger partial charge in [0.15, 0.2) is 0 Å². The zero-order chi connectivity index (χ0) is 13.7. The van der Waals surface area contributed by atoms with E-state index >= 15 is 0 Å². The van der Waals surface area contributed by atoms with Gasteiger partial charge in [-0.25, -0.2) is 0 Å². The molecule has 2 rings (SSSR count). The van der Waals surface area contributed by atoms with Crippen molar-refractivity contribution >= 4 is 35.6 Å². The fourth-order valence-corrected chi connectivity index (χ4v) is 2.62. The first kappa shape index (κ1) is 17.3. The van der Waals surface area contributed by atoms with Gasteiger partial charge in [-0.1, -0.05) is 17.7 Å². The Balaban J connectivity index is 0.00000200. The third-order valence-corrected chi connectivity index (χ3v) is 3.96. The molecule has 0 aromatic heterocycles. The lowest BCUT2D eigenvalue weighted by Gasteiger charge is -2.22. The lowest BCUT2D eigenvalue weighted by atomic mass is 9.93. The Kier molecular flexibility index (Phi) is 7.35. The molecule has 1 aliphatic heterocycles. The van der Waals surface area contributed by atoms with Crippen LogP contribution in [0.25, 0.3) is 0 Å². The summed E-state index contributed by atoms with van der Waals surface area (Å²) in [6.07, 6.45) is 3.91. The summed E-state index contributed by atoms with van der Waals surface area (Å²) in [5.41, 5.74) is 1.81. The normalized spacial score (nSPS) is 15.5. The molecule has 1 saturated heterocycles. The molecule has 1 amide bonds.